The number of hydrogen-bond acceptors (Lipinski definition) is 2. The zero-order valence-electron chi connectivity index (χ0n) is 21.7. The van der Waals surface area contributed by atoms with Crippen LogP contribution >= 0.6 is 12.6 Å². The smallest absolute Gasteiger partial charge is 0.0891 e. The molecule has 0 aliphatic heterocycles. The van der Waals surface area contributed by atoms with Crippen molar-refractivity contribution < 1.29 is 5.11 Å². The SMILES string of the molecule is C=C(/C=C\C=C(/C)O)c1c(S)cccc1-c1c2ccccc2c(-c2ccc3ccccc3c2)c2ccccc12. The van der Waals surface area contributed by atoms with Crippen LogP contribution in [0.5, 0.6) is 0 Å². The van der Waals surface area contributed by atoms with Crippen molar-refractivity contribution in [3.05, 3.63) is 145 Å². The van der Waals surface area contributed by atoms with Crippen LogP contribution in [0.3, 0.4) is 0 Å². The van der Waals surface area contributed by atoms with Gasteiger partial charge < -0.3 is 5.11 Å². The van der Waals surface area contributed by atoms with E-state index < -0.39 is 0 Å². The number of fused-ring (bicyclic) bond motifs is 3. The summed E-state index contributed by atoms with van der Waals surface area (Å²) in [6, 6.07) is 38.8. The second kappa shape index (κ2) is 10.3. The normalized spacial score (nSPS) is 12.1. The summed E-state index contributed by atoms with van der Waals surface area (Å²) in [5, 5.41) is 16.8. The lowest BCUT2D eigenvalue weighted by molar-refractivity contribution is 0.414. The predicted molar refractivity (Wildman–Crippen MR) is 172 cm³/mol. The summed E-state index contributed by atoms with van der Waals surface area (Å²) in [5.74, 6) is 0.250. The van der Waals surface area contributed by atoms with Gasteiger partial charge in [-0.05, 0) is 85.3 Å². The molecular weight excluding hydrogens is 492 g/mol. The third-order valence-corrected chi connectivity index (χ3v) is 7.61. The van der Waals surface area contributed by atoms with Crippen molar-refractivity contribution >= 4 is 50.5 Å². The Labute approximate surface area is 234 Å². The van der Waals surface area contributed by atoms with Gasteiger partial charge in [-0.3, -0.25) is 0 Å². The minimum Gasteiger partial charge on any atom is -0.513 e. The number of rotatable bonds is 5. The fraction of sp³-hybridized carbons (Fsp3) is 0.0270. The fourth-order valence-corrected chi connectivity index (χ4v) is 5.90. The molecule has 39 heavy (non-hydrogen) atoms. The number of thiol groups is 1. The summed E-state index contributed by atoms with van der Waals surface area (Å²) in [7, 11) is 0. The number of benzene rings is 6. The van der Waals surface area contributed by atoms with Gasteiger partial charge in [0.15, 0.2) is 0 Å². The van der Waals surface area contributed by atoms with Gasteiger partial charge in [-0.2, -0.15) is 0 Å². The van der Waals surface area contributed by atoms with Gasteiger partial charge in [0.1, 0.15) is 0 Å². The Hall–Kier alpha value is -4.53. The highest BCUT2D eigenvalue weighted by atomic mass is 32.1. The molecule has 0 fully saturated rings. The molecule has 0 unspecified atom stereocenters. The van der Waals surface area contributed by atoms with E-state index in [0.717, 1.165) is 21.6 Å². The van der Waals surface area contributed by atoms with Crippen LogP contribution in [-0.2, 0) is 0 Å². The van der Waals surface area contributed by atoms with Crippen LogP contribution in [0, 0.1) is 0 Å². The van der Waals surface area contributed by atoms with Crippen molar-refractivity contribution in [2.24, 2.45) is 0 Å². The van der Waals surface area contributed by atoms with Crippen molar-refractivity contribution in [3.63, 3.8) is 0 Å². The van der Waals surface area contributed by atoms with E-state index in [-0.39, 0.29) is 5.76 Å². The molecule has 6 rings (SSSR count). The molecule has 6 aromatic carbocycles. The zero-order valence-corrected chi connectivity index (χ0v) is 22.6. The summed E-state index contributed by atoms with van der Waals surface area (Å²) >= 11 is 4.86. The van der Waals surface area contributed by atoms with E-state index in [1.54, 1.807) is 13.0 Å². The van der Waals surface area contributed by atoms with E-state index in [1.165, 1.54) is 49.0 Å². The number of aliphatic hydroxyl groups is 1. The summed E-state index contributed by atoms with van der Waals surface area (Å²) in [6.07, 6.45) is 5.40. The molecule has 6 aromatic rings. The van der Waals surface area contributed by atoms with E-state index in [4.69, 9.17) is 12.6 Å². The lowest BCUT2D eigenvalue weighted by Gasteiger charge is -2.20. The minimum absolute atomic E-state index is 0.250. The average molecular weight is 521 g/mol. The Morgan fingerprint density at radius 2 is 1.28 bits per heavy atom. The lowest BCUT2D eigenvalue weighted by Crippen LogP contribution is -1.94. The van der Waals surface area contributed by atoms with Crippen LogP contribution in [0.2, 0.25) is 0 Å². The number of aliphatic hydroxyl groups excluding tert-OH is 1. The first-order valence-electron chi connectivity index (χ1n) is 13.0. The molecule has 0 amide bonds. The zero-order chi connectivity index (χ0) is 26.9. The molecule has 0 saturated carbocycles. The first-order chi connectivity index (χ1) is 19.0. The van der Waals surface area contributed by atoms with Crippen molar-refractivity contribution in [3.8, 4) is 22.3 Å². The van der Waals surface area contributed by atoms with E-state index in [1.807, 2.05) is 18.2 Å². The average Bonchev–Trinajstić information content (AvgIpc) is 2.95. The summed E-state index contributed by atoms with van der Waals surface area (Å²) < 4.78 is 0. The van der Waals surface area contributed by atoms with Crippen molar-refractivity contribution in [2.75, 3.05) is 0 Å². The Balaban J connectivity index is 1.69. The molecular formula is C37H28OS. The maximum atomic E-state index is 9.60. The van der Waals surface area contributed by atoms with Crippen LogP contribution in [0.15, 0.2) is 145 Å². The van der Waals surface area contributed by atoms with Crippen LogP contribution in [-0.4, -0.2) is 5.11 Å². The van der Waals surface area contributed by atoms with Gasteiger partial charge in [0.25, 0.3) is 0 Å². The number of hydrogen-bond donors (Lipinski definition) is 2. The molecule has 0 radical (unpaired) electrons. The van der Waals surface area contributed by atoms with Gasteiger partial charge in [0, 0.05) is 10.5 Å². The van der Waals surface area contributed by atoms with Gasteiger partial charge in [-0.1, -0.05) is 116 Å². The Kier molecular flexibility index (Phi) is 6.56. The van der Waals surface area contributed by atoms with E-state index >= 15 is 0 Å². The van der Waals surface area contributed by atoms with Gasteiger partial charge in [0.2, 0.25) is 0 Å². The third-order valence-electron chi connectivity index (χ3n) is 7.24. The molecule has 0 atom stereocenters. The van der Waals surface area contributed by atoms with E-state index in [2.05, 4.69) is 110 Å². The molecule has 0 saturated heterocycles. The predicted octanol–water partition coefficient (Wildman–Crippen LogP) is 10.8. The first kappa shape index (κ1) is 24.8. The third kappa shape index (κ3) is 4.54. The van der Waals surface area contributed by atoms with Crippen LogP contribution in [0.4, 0.5) is 0 Å². The fourth-order valence-electron chi connectivity index (χ4n) is 5.55. The first-order valence-corrected chi connectivity index (χ1v) is 13.5. The van der Waals surface area contributed by atoms with E-state index in [0.29, 0.717) is 0 Å². The highest BCUT2D eigenvalue weighted by molar-refractivity contribution is 7.80. The van der Waals surface area contributed by atoms with Gasteiger partial charge >= 0.3 is 0 Å². The molecule has 0 aliphatic carbocycles. The molecule has 0 aromatic heterocycles. The molecule has 188 valence electrons. The standard InChI is InChI=1S/C37H28OS/c1-24(11-9-12-25(2)38)35-33(19-10-20-34(35)39)37-31-17-7-5-15-29(31)36(30-16-6-8-18-32(30)37)28-22-21-26-13-3-4-14-27(26)23-28/h3-23,38-39H,1H2,2H3/b11-9-,25-12+. The maximum absolute atomic E-state index is 9.60. The molecule has 1 nitrogen and oxygen atoms in total. The van der Waals surface area contributed by atoms with Crippen LogP contribution in [0.25, 0.3) is 60.1 Å². The van der Waals surface area contributed by atoms with E-state index in [9.17, 15) is 5.11 Å². The summed E-state index contributed by atoms with van der Waals surface area (Å²) in [4.78, 5) is 0.860. The quantitative estimate of drug-likeness (QED) is 0.100. The molecule has 0 heterocycles. The Morgan fingerprint density at radius 1 is 0.692 bits per heavy atom. The summed E-state index contributed by atoms with van der Waals surface area (Å²) in [5.41, 5.74) is 6.50. The van der Waals surface area contributed by atoms with Crippen LogP contribution in [0.1, 0.15) is 12.5 Å². The highest BCUT2D eigenvalue weighted by Gasteiger charge is 2.19. The van der Waals surface area contributed by atoms with Gasteiger partial charge in [-0.15, -0.1) is 12.6 Å². The molecule has 1 N–H and O–H groups in total. The Bertz CT molecular complexity index is 1900. The highest BCUT2D eigenvalue weighted by Crippen LogP contribution is 2.46. The minimum atomic E-state index is 0.250. The maximum Gasteiger partial charge on any atom is 0.0891 e. The van der Waals surface area contributed by atoms with Gasteiger partial charge in [0.05, 0.1) is 5.76 Å². The van der Waals surface area contributed by atoms with Crippen molar-refractivity contribution in [1.82, 2.24) is 0 Å². The van der Waals surface area contributed by atoms with Gasteiger partial charge in [-0.25, -0.2) is 0 Å². The monoisotopic (exact) mass is 520 g/mol. The van der Waals surface area contributed by atoms with Crippen molar-refractivity contribution in [2.45, 2.75) is 11.8 Å². The molecule has 0 bridgehead atoms. The van der Waals surface area contributed by atoms with Crippen molar-refractivity contribution in [1.29, 1.82) is 0 Å². The molecule has 2 heteroatoms. The second-order valence-corrected chi connectivity index (χ2v) is 10.3. The Morgan fingerprint density at radius 3 is 1.92 bits per heavy atom. The largest absolute Gasteiger partial charge is 0.513 e. The molecule has 0 spiro atoms. The summed E-state index contributed by atoms with van der Waals surface area (Å²) in [6.45, 7) is 6.03. The lowest BCUT2D eigenvalue weighted by atomic mass is 9.83. The topological polar surface area (TPSA) is 20.2 Å². The van der Waals surface area contributed by atoms with Crippen LogP contribution < -0.4 is 0 Å². The number of allylic oxidation sites excluding steroid dienone is 5. The molecule has 0 aliphatic rings. The second-order valence-electron chi connectivity index (χ2n) is 9.80.